The van der Waals surface area contributed by atoms with E-state index in [-0.39, 0.29) is 0 Å². The van der Waals surface area contributed by atoms with Gasteiger partial charge in [-0.15, -0.1) is 0 Å². The molecule has 0 aromatic heterocycles. The molecule has 0 heterocycles. The second-order valence-electron chi connectivity index (χ2n) is 4.15. The summed E-state index contributed by atoms with van der Waals surface area (Å²) in [5, 5.41) is 0.564. The number of hydrogen-bond donors (Lipinski definition) is 0. The second kappa shape index (κ2) is 8.91. The molecule has 0 aliphatic heterocycles. The van der Waals surface area contributed by atoms with E-state index in [9.17, 15) is 4.79 Å². The molecule has 0 aliphatic carbocycles. The van der Waals surface area contributed by atoms with Gasteiger partial charge in [0.05, 0.1) is 6.61 Å². The normalized spacial score (nSPS) is 10.5. The van der Waals surface area contributed by atoms with Crippen LogP contribution in [0.25, 0.3) is 0 Å². The highest BCUT2D eigenvalue weighted by atomic mass is 35.5. The van der Waals surface area contributed by atoms with Crippen LogP contribution in [-0.4, -0.2) is 46.8 Å². The molecule has 0 fully saturated rings. The molecule has 1 aromatic carbocycles. The molecule has 4 nitrogen and oxygen atoms in total. The SMILES string of the molecule is COCCCN(CCOC)c1ccc(Cl)cc1C=O. The monoisotopic (exact) mass is 285 g/mol. The number of hydrogen-bond acceptors (Lipinski definition) is 4. The van der Waals surface area contributed by atoms with Crippen LogP contribution in [0.15, 0.2) is 18.2 Å². The maximum absolute atomic E-state index is 11.1. The molecule has 0 saturated carbocycles. The van der Waals surface area contributed by atoms with Crippen molar-refractivity contribution >= 4 is 23.6 Å². The van der Waals surface area contributed by atoms with Crippen molar-refractivity contribution in [2.45, 2.75) is 6.42 Å². The molecular weight excluding hydrogens is 266 g/mol. The molecule has 1 aromatic rings. The fourth-order valence-electron chi connectivity index (χ4n) is 1.86. The predicted octanol–water partition coefficient (Wildman–Crippen LogP) is 2.64. The predicted molar refractivity (Wildman–Crippen MR) is 77.4 cm³/mol. The molecule has 0 bridgehead atoms. The number of methoxy groups -OCH3 is 2. The Kier molecular flexibility index (Phi) is 7.48. The minimum Gasteiger partial charge on any atom is -0.385 e. The number of rotatable bonds is 9. The Morgan fingerprint density at radius 2 is 1.95 bits per heavy atom. The van der Waals surface area contributed by atoms with Gasteiger partial charge in [-0.2, -0.15) is 0 Å². The van der Waals surface area contributed by atoms with Crippen LogP contribution in [0.1, 0.15) is 16.8 Å². The fourth-order valence-corrected chi connectivity index (χ4v) is 2.04. The van der Waals surface area contributed by atoms with Crippen LogP contribution < -0.4 is 4.90 Å². The molecule has 1 rings (SSSR count). The molecule has 5 heteroatoms. The van der Waals surface area contributed by atoms with Crippen molar-refractivity contribution in [3.8, 4) is 0 Å². The number of carbonyl (C=O) groups excluding carboxylic acids is 1. The van der Waals surface area contributed by atoms with E-state index in [4.69, 9.17) is 21.1 Å². The number of benzene rings is 1. The van der Waals surface area contributed by atoms with Crippen LogP contribution in [-0.2, 0) is 9.47 Å². The van der Waals surface area contributed by atoms with Crippen molar-refractivity contribution in [1.29, 1.82) is 0 Å². The van der Waals surface area contributed by atoms with E-state index in [0.717, 1.165) is 31.5 Å². The first-order valence-electron chi connectivity index (χ1n) is 6.20. The van der Waals surface area contributed by atoms with Gasteiger partial charge < -0.3 is 14.4 Å². The molecule has 0 saturated heterocycles. The van der Waals surface area contributed by atoms with Gasteiger partial charge in [-0.1, -0.05) is 11.6 Å². The minimum atomic E-state index is 0.564. The summed E-state index contributed by atoms with van der Waals surface area (Å²) < 4.78 is 10.2. The standard InChI is InChI=1S/C14H20ClNO3/c1-18-8-3-6-16(7-9-19-2)14-5-4-13(15)10-12(14)11-17/h4-5,10-11H,3,6-9H2,1-2H3. The zero-order valence-corrected chi connectivity index (χ0v) is 12.2. The summed E-state index contributed by atoms with van der Waals surface area (Å²) in [5.74, 6) is 0. The number of carbonyl (C=O) groups is 1. The number of halogens is 1. The average molecular weight is 286 g/mol. The van der Waals surface area contributed by atoms with Gasteiger partial charge in [0.2, 0.25) is 0 Å². The van der Waals surface area contributed by atoms with Gasteiger partial charge in [-0.3, -0.25) is 4.79 Å². The van der Waals surface area contributed by atoms with Crippen LogP contribution in [0.3, 0.4) is 0 Å². The lowest BCUT2D eigenvalue weighted by atomic mass is 10.1. The molecule has 0 N–H and O–H groups in total. The second-order valence-corrected chi connectivity index (χ2v) is 4.58. The Balaban J connectivity index is 2.85. The third-order valence-electron chi connectivity index (χ3n) is 2.80. The highest BCUT2D eigenvalue weighted by Gasteiger charge is 2.11. The highest BCUT2D eigenvalue weighted by molar-refractivity contribution is 6.31. The van der Waals surface area contributed by atoms with E-state index in [1.165, 1.54) is 0 Å². The van der Waals surface area contributed by atoms with Crippen LogP contribution in [0.4, 0.5) is 5.69 Å². The molecule has 106 valence electrons. The maximum atomic E-state index is 11.1. The number of aldehydes is 1. The van der Waals surface area contributed by atoms with E-state index in [2.05, 4.69) is 4.90 Å². The van der Waals surface area contributed by atoms with Crippen molar-refractivity contribution < 1.29 is 14.3 Å². The quantitative estimate of drug-likeness (QED) is 0.516. The Hall–Kier alpha value is -1.10. The Morgan fingerprint density at radius 3 is 2.58 bits per heavy atom. The molecule has 0 atom stereocenters. The Bertz CT molecular complexity index is 398. The molecule has 0 spiro atoms. The van der Waals surface area contributed by atoms with Gasteiger partial charge in [0, 0.05) is 50.2 Å². The lowest BCUT2D eigenvalue weighted by Crippen LogP contribution is -2.29. The first kappa shape index (κ1) is 16.0. The van der Waals surface area contributed by atoms with Crippen LogP contribution in [0.2, 0.25) is 5.02 Å². The molecular formula is C14H20ClNO3. The van der Waals surface area contributed by atoms with Gasteiger partial charge in [0.1, 0.15) is 0 Å². The van der Waals surface area contributed by atoms with Gasteiger partial charge in [-0.05, 0) is 24.6 Å². The summed E-state index contributed by atoms with van der Waals surface area (Å²) in [6.45, 7) is 2.82. The smallest absolute Gasteiger partial charge is 0.152 e. The number of nitrogens with zero attached hydrogens (tertiary/aromatic N) is 1. The first-order valence-corrected chi connectivity index (χ1v) is 6.58. The lowest BCUT2D eigenvalue weighted by Gasteiger charge is -2.26. The van der Waals surface area contributed by atoms with Gasteiger partial charge >= 0.3 is 0 Å². The largest absolute Gasteiger partial charge is 0.385 e. The Labute approximate surface area is 119 Å². The van der Waals surface area contributed by atoms with E-state index in [1.807, 2.05) is 6.07 Å². The van der Waals surface area contributed by atoms with E-state index >= 15 is 0 Å². The number of anilines is 1. The zero-order valence-electron chi connectivity index (χ0n) is 11.4. The van der Waals surface area contributed by atoms with E-state index < -0.39 is 0 Å². The molecule has 0 amide bonds. The van der Waals surface area contributed by atoms with Crippen molar-refractivity contribution in [3.05, 3.63) is 28.8 Å². The summed E-state index contributed by atoms with van der Waals surface area (Å²) in [7, 11) is 3.34. The lowest BCUT2D eigenvalue weighted by molar-refractivity contribution is 0.112. The summed E-state index contributed by atoms with van der Waals surface area (Å²) in [6, 6.07) is 5.34. The summed E-state index contributed by atoms with van der Waals surface area (Å²) >= 11 is 5.91. The average Bonchev–Trinajstić information content (AvgIpc) is 2.43. The van der Waals surface area contributed by atoms with E-state index in [1.54, 1.807) is 26.4 Å². The van der Waals surface area contributed by atoms with Crippen LogP contribution in [0, 0.1) is 0 Å². The maximum Gasteiger partial charge on any atom is 0.152 e. The summed E-state index contributed by atoms with van der Waals surface area (Å²) in [6.07, 6.45) is 1.72. The first-order chi connectivity index (χ1) is 9.22. The van der Waals surface area contributed by atoms with Crippen molar-refractivity contribution in [3.63, 3.8) is 0 Å². The molecule has 19 heavy (non-hydrogen) atoms. The summed E-state index contributed by atoms with van der Waals surface area (Å²) in [4.78, 5) is 13.3. The van der Waals surface area contributed by atoms with Gasteiger partial charge in [-0.25, -0.2) is 0 Å². The van der Waals surface area contributed by atoms with Crippen molar-refractivity contribution in [2.75, 3.05) is 45.4 Å². The highest BCUT2D eigenvalue weighted by Crippen LogP contribution is 2.23. The third-order valence-corrected chi connectivity index (χ3v) is 3.03. The Morgan fingerprint density at radius 1 is 1.21 bits per heavy atom. The fraction of sp³-hybridized carbons (Fsp3) is 0.500. The minimum absolute atomic E-state index is 0.564. The van der Waals surface area contributed by atoms with Crippen molar-refractivity contribution in [1.82, 2.24) is 0 Å². The van der Waals surface area contributed by atoms with E-state index in [0.29, 0.717) is 23.8 Å². The van der Waals surface area contributed by atoms with Crippen LogP contribution in [0.5, 0.6) is 0 Å². The van der Waals surface area contributed by atoms with Crippen molar-refractivity contribution in [2.24, 2.45) is 0 Å². The third kappa shape index (κ3) is 5.19. The summed E-state index contributed by atoms with van der Waals surface area (Å²) in [5.41, 5.74) is 1.48. The van der Waals surface area contributed by atoms with Crippen LogP contribution >= 0.6 is 11.6 Å². The number of ether oxygens (including phenoxy) is 2. The molecule has 0 radical (unpaired) electrons. The topological polar surface area (TPSA) is 38.8 Å². The molecule has 0 aliphatic rings. The van der Waals surface area contributed by atoms with Gasteiger partial charge in [0.15, 0.2) is 6.29 Å². The molecule has 0 unspecified atom stereocenters. The zero-order chi connectivity index (χ0) is 14.1. The van der Waals surface area contributed by atoms with Gasteiger partial charge in [0.25, 0.3) is 0 Å².